The van der Waals surface area contributed by atoms with Crippen LogP contribution in [0.1, 0.15) is 29.8 Å². The second-order valence-electron chi connectivity index (χ2n) is 6.53. The number of rotatable bonds is 6. The lowest BCUT2D eigenvalue weighted by Crippen LogP contribution is -2.22. The summed E-state index contributed by atoms with van der Waals surface area (Å²) in [6.07, 6.45) is 1.58. The summed E-state index contributed by atoms with van der Waals surface area (Å²) >= 11 is 0. The Labute approximate surface area is 175 Å². The van der Waals surface area contributed by atoms with E-state index in [1.54, 1.807) is 30.3 Å². The average Bonchev–Trinajstić information content (AvgIpc) is 2.79. The molecule has 0 saturated heterocycles. The predicted octanol–water partition coefficient (Wildman–Crippen LogP) is 4.47. The van der Waals surface area contributed by atoms with Gasteiger partial charge in [0.25, 0.3) is 0 Å². The Morgan fingerprint density at radius 2 is 1.77 bits per heavy atom. The lowest BCUT2D eigenvalue weighted by atomic mass is 10.00. The molecule has 1 aliphatic rings. The molecular weight excluding hydrogens is 378 g/mol. The molecule has 3 rings (SSSR count). The van der Waals surface area contributed by atoms with Crippen molar-refractivity contribution in [3.63, 3.8) is 0 Å². The van der Waals surface area contributed by atoms with Crippen molar-refractivity contribution in [3.8, 4) is 17.9 Å². The first-order valence-electron chi connectivity index (χ1n) is 9.65. The maximum Gasteiger partial charge on any atom is 0.338 e. The summed E-state index contributed by atoms with van der Waals surface area (Å²) < 4.78 is 11.3. The van der Waals surface area contributed by atoms with Crippen LogP contribution in [0.2, 0.25) is 0 Å². The molecule has 2 aromatic rings. The number of ether oxygens (including phenoxy) is 2. The van der Waals surface area contributed by atoms with Crippen molar-refractivity contribution in [2.75, 3.05) is 24.6 Å². The molecule has 1 heterocycles. The molecule has 0 aromatic heterocycles. The van der Waals surface area contributed by atoms with Crippen LogP contribution in [0, 0.1) is 22.7 Å². The molecule has 0 fully saturated rings. The third-order valence-corrected chi connectivity index (χ3v) is 4.80. The molecule has 0 aliphatic carbocycles. The first kappa shape index (κ1) is 20.7. The van der Waals surface area contributed by atoms with Gasteiger partial charge in [-0.3, -0.25) is 0 Å². The van der Waals surface area contributed by atoms with E-state index in [4.69, 9.17) is 9.47 Å². The molecule has 6 heteroatoms. The van der Waals surface area contributed by atoms with E-state index in [1.165, 1.54) is 0 Å². The summed E-state index contributed by atoms with van der Waals surface area (Å²) in [4.78, 5) is 14.5. The SMILES string of the molecule is CCN(CC)c1ccc2c(c1)OC(=C(C#N)C#N)C=C2COC(=O)c1ccccc1. The Bertz CT molecular complexity index is 1070. The zero-order chi connectivity index (χ0) is 21.5. The number of anilines is 1. The fraction of sp³-hybridized carbons (Fsp3) is 0.208. The Kier molecular flexibility index (Phi) is 6.52. The highest BCUT2D eigenvalue weighted by atomic mass is 16.5. The number of allylic oxidation sites excluding steroid dienone is 2. The second-order valence-corrected chi connectivity index (χ2v) is 6.53. The van der Waals surface area contributed by atoms with Crippen molar-refractivity contribution >= 4 is 17.2 Å². The van der Waals surface area contributed by atoms with Gasteiger partial charge in [-0.15, -0.1) is 0 Å². The van der Waals surface area contributed by atoms with E-state index in [9.17, 15) is 15.3 Å². The van der Waals surface area contributed by atoms with Crippen LogP contribution in [-0.4, -0.2) is 25.7 Å². The van der Waals surface area contributed by atoms with Gasteiger partial charge in [0.05, 0.1) is 5.56 Å². The van der Waals surface area contributed by atoms with Gasteiger partial charge in [0.2, 0.25) is 0 Å². The maximum atomic E-state index is 12.3. The Morgan fingerprint density at radius 1 is 1.07 bits per heavy atom. The van der Waals surface area contributed by atoms with Crippen LogP contribution in [0.25, 0.3) is 5.57 Å². The van der Waals surface area contributed by atoms with E-state index in [0.717, 1.165) is 24.3 Å². The summed E-state index contributed by atoms with van der Waals surface area (Å²) in [7, 11) is 0. The topological polar surface area (TPSA) is 86.3 Å². The van der Waals surface area contributed by atoms with Crippen molar-refractivity contribution in [1.82, 2.24) is 0 Å². The van der Waals surface area contributed by atoms with Crippen molar-refractivity contribution in [3.05, 3.63) is 77.1 Å². The van der Waals surface area contributed by atoms with E-state index in [-0.39, 0.29) is 17.9 Å². The lowest BCUT2D eigenvalue weighted by molar-refractivity contribution is 0.0556. The third-order valence-electron chi connectivity index (χ3n) is 4.80. The van der Waals surface area contributed by atoms with Crippen molar-refractivity contribution in [2.24, 2.45) is 0 Å². The van der Waals surface area contributed by atoms with Crippen LogP contribution < -0.4 is 9.64 Å². The summed E-state index contributed by atoms with van der Waals surface area (Å²) in [5.74, 6) is 0.219. The number of hydrogen-bond donors (Lipinski definition) is 0. The Morgan fingerprint density at radius 3 is 2.40 bits per heavy atom. The van der Waals surface area contributed by atoms with Gasteiger partial charge in [-0.1, -0.05) is 18.2 Å². The van der Waals surface area contributed by atoms with Crippen LogP contribution in [-0.2, 0) is 4.74 Å². The number of benzene rings is 2. The molecule has 0 N–H and O–H groups in total. The largest absolute Gasteiger partial charge is 0.457 e. The molecule has 0 bridgehead atoms. The lowest BCUT2D eigenvalue weighted by Gasteiger charge is -2.25. The quantitative estimate of drug-likeness (QED) is 0.526. The monoisotopic (exact) mass is 399 g/mol. The van der Waals surface area contributed by atoms with Gasteiger partial charge in [0.1, 0.15) is 24.5 Å². The standard InChI is InChI=1S/C24H21N3O3/c1-3-27(4-2)20-10-11-21-18(16-29-24(28)17-8-6-5-7-9-17)12-22(19(14-25)15-26)30-23(21)13-20/h5-13H,3-4,16H2,1-2H3. The number of nitriles is 2. The molecule has 0 radical (unpaired) electrons. The first-order valence-corrected chi connectivity index (χ1v) is 9.65. The molecule has 0 atom stereocenters. The van der Waals surface area contributed by atoms with Gasteiger partial charge in [0.15, 0.2) is 11.3 Å². The summed E-state index contributed by atoms with van der Waals surface area (Å²) in [5.41, 5.74) is 2.69. The minimum Gasteiger partial charge on any atom is -0.457 e. The van der Waals surface area contributed by atoms with Gasteiger partial charge in [-0.2, -0.15) is 10.5 Å². The molecule has 0 unspecified atom stereocenters. The van der Waals surface area contributed by atoms with Crippen LogP contribution in [0.5, 0.6) is 5.75 Å². The van der Waals surface area contributed by atoms with E-state index in [2.05, 4.69) is 18.7 Å². The number of carbonyl (C=O) groups excluding carboxylic acids is 1. The molecule has 150 valence electrons. The molecule has 6 nitrogen and oxygen atoms in total. The van der Waals surface area contributed by atoms with Crippen LogP contribution in [0.3, 0.4) is 0 Å². The van der Waals surface area contributed by atoms with Gasteiger partial charge < -0.3 is 14.4 Å². The number of esters is 1. The average molecular weight is 399 g/mol. The van der Waals surface area contributed by atoms with Crippen LogP contribution in [0.4, 0.5) is 5.69 Å². The summed E-state index contributed by atoms with van der Waals surface area (Å²) in [5, 5.41) is 18.5. The fourth-order valence-electron chi connectivity index (χ4n) is 3.21. The minimum atomic E-state index is -0.448. The highest BCUT2D eigenvalue weighted by Crippen LogP contribution is 2.37. The predicted molar refractivity (Wildman–Crippen MR) is 114 cm³/mol. The van der Waals surface area contributed by atoms with Crippen LogP contribution in [0.15, 0.2) is 65.9 Å². The zero-order valence-electron chi connectivity index (χ0n) is 16.9. The van der Waals surface area contributed by atoms with Crippen LogP contribution >= 0.6 is 0 Å². The number of hydrogen-bond acceptors (Lipinski definition) is 6. The summed E-state index contributed by atoms with van der Waals surface area (Å²) in [6, 6.07) is 18.2. The van der Waals surface area contributed by atoms with Crippen molar-refractivity contribution in [1.29, 1.82) is 10.5 Å². The highest BCUT2D eigenvalue weighted by molar-refractivity contribution is 5.90. The molecule has 2 aromatic carbocycles. The van der Waals surface area contributed by atoms with E-state index in [1.807, 2.05) is 36.4 Å². The molecule has 30 heavy (non-hydrogen) atoms. The zero-order valence-corrected chi connectivity index (χ0v) is 16.9. The Hall–Kier alpha value is -4.03. The van der Waals surface area contributed by atoms with E-state index >= 15 is 0 Å². The maximum absolute atomic E-state index is 12.3. The molecule has 0 amide bonds. The van der Waals surface area contributed by atoms with Crippen molar-refractivity contribution in [2.45, 2.75) is 13.8 Å². The normalized spacial score (nSPS) is 11.9. The van der Waals surface area contributed by atoms with Gasteiger partial charge in [-0.05, 0) is 44.2 Å². The molecular formula is C24H21N3O3. The minimum absolute atomic E-state index is 0.0116. The number of nitrogens with zero attached hydrogens (tertiary/aromatic N) is 3. The number of carbonyl (C=O) groups is 1. The fourth-order valence-corrected chi connectivity index (χ4v) is 3.21. The molecule has 0 saturated carbocycles. The number of fused-ring (bicyclic) bond motifs is 1. The van der Waals surface area contributed by atoms with E-state index in [0.29, 0.717) is 16.9 Å². The molecule has 0 spiro atoms. The Balaban J connectivity index is 1.96. The first-order chi connectivity index (χ1) is 14.6. The molecule has 1 aliphatic heterocycles. The smallest absolute Gasteiger partial charge is 0.338 e. The highest BCUT2D eigenvalue weighted by Gasteiger charge is 2.22. The van der Waals surface area contributed by atoms with Crippen molar-refractivity contribution < 1.29 is 14.3 Å². The summed E-state index contributed by atoms with van der Waals surface area (Å²) in [6.45, 7) is 5.77. The van der Waals surface area contributed by atoms with Gasteiger partial charge in [-0.25, -0.2) is 4.79 Å². The third kappa shape index (κ3) is 4.34. The second kappa shape index (κ2) is 9.45. The van der Waals surface area contributed by atoms with E-state index < -0.39 is 5.97 Å². The van der Waals surface area contributed by atoms with Gasteiger partial charge >= 0.3 is 5.97 Å². The van der Waals surface area contributed by atoms with Gasteiger partial charge in [0, 0.05) is 36.0 Å².